The van der Waals surface area contributed by atoms with Crippen LogP contribution in [0.15, 0.2) is 23.3 Å². The monoisotopic (exact) mass is 518 g/mol. The Hall–Kier alpha value is -1.09. The summed E-state index contributed by atoms with van der Waals surface area (Å²) in [7, 11) is 0. The first-order valence-corrected chi connectivity index (χ1v) is 16.2. The zero-order valence-corrected chi connectivity index (χ0v) is 25.3. The molecule has 0 saturated heterocycles. The van der Waals surface area contributed by atoms with E-state index < -0.39 is 5.60 Å². The molecule has 3 heteroatoms. The summed E-state index contributed by atoms with van der Waals surface area (Å²) >= 11 is 0. The number of hydrogen-bond acceptors (Lipinski definition) is 3. The number of aliphatic hydroxyl groups is 1. The average molecular weight is 519 g/mol. The van der Waals surface area contributed by atoms with Crippen molar-refractivity contribution in [3.63, 3.8) is 0 Å². The van der Waals surface area contributed by atoms with Gasteiger partial charge in [0, 0.05) is 12.8 Å². The first kappa shape index (κ1) is 33.9. The highest BCUT2D eigenvalue weighted by molar-refractivity contribution is 5.69. The fourth-order valence-electron chi connectivity index (χ4n) is 5.35. The van der Waals surface area contributed by atoms with Crippen molar-refractivity contribution >= 4 is 5.97 Å². The molecule has 1 N–H and O–H groups in total. The number of allylic oxidation sites excluding steroid dienone is 2. The van der Waals surface area contributed by atoms with Gasteiger partial charge in [0.1, 0.15) is 0 Å². The maximum atomic E-state index is 12.3. The molecule has 0 fully saturated rings. The van der Waals surface area contributed by atoms with E-state index in [1.807, 2.05) is 6.08 Å². The molecular weight excluding hydrogens is 456 g/mol. The molecule has 0 saturated carbocycles. The van der Waals surface area contributed by atoms with Crippen LogP contribution in [0.3, 0.4) is 0 Å². The van der Waals surface area contributed by atoms with Crippen molar-refractivity contribution in [2.45, 2.75) is 175 Å². The summed E-state index contributed by atoms with van der Waals surface area (Å²) in [5.74, 6) is 0.0567. The van der Waals surface area contributed by atoms with E-state index in [4.69, 9.17) is 4.74 Å². The maximum Gasteiger partial charge on any atom is 0.306 e. The number of unbranched alkanes of at least 4 members (excludes halogenated alkanes) is 16. The zero-order valence-electron chi connectivity index (χ0n) is 25.3. The predicted molar refractivity (Wildman–Crippen MR) is 160 cm³/mol. The molecule has 216 valence electrons. The Morgan fingerprint density at radius 1 is 0.784 bits per heavy atom. The number of ether oxygens (including phenoxy) is 1. The van der Waals surface area contributed by atoms with Gasteiger partial charge >= 0.3 is 5.97 Å². The molecule has 1 unspecified atom stereocenters. The molecule has 0 aromatic heterocycles. The Kier molecular flexibility index (Phi) is 20.0. The van der Waals surface area contributed by atoms with Gasteiger partial charge in [0.2, 0.25) is 0 Å². The molecule has 1 aliphatic carbocycles. The van der Waals surface area contributed by atoms with Crippen LogP contribution in [0.1, 0.15) is 169 Å². The first-order valence-electron chi connectivity index (χ1n) is 16.2. The Bertz CT molecular complexity index is 633. The minimum Gasteiger partial charge on any atom is -0.466 e. The Morgan fingerprint density at radius 2 is 1.27 bits per heavy atom. The number of hydrogen-bond donors (Lipinski definition) is 1. The highest BCUT2D eigenvalue weighted by Gasteiger charge is 2.32. The second kappa shape index (κ2) is 21.8. The number of carbonyl (C=O) groups is 1. The van der Waals surface area contributed by atoms with E-state index in [0.717, 1.165) is 31.3 Å². The van der Waals surface area contributed by atoms with E-state index in [1.54, 1.807) is 0 Å². The molecular formula is C34H62O3. The molecule has 1 atom stereocenters. The van der Waals surface area contributed by atoms with E-state index in [-0.39, 0.29) is 11.9 Å². The van der Waals surface area contributed by atoms with Crippen LogP contribution in [0.5, 0.6) is 0 Å². The minimum absolute atomic E-state index is 0.104. The number of esters is 1. The van der Waals surface area contributed by atoms with Crippen LogP contribution < -0.4 is 0 Å². The summed E-state index contributed by atoms with van der Waals surface area (Å²) in [6.07, 6.45) is 30.7. The molecule has 0 heterocycles. The zero-order chi connectivity index (χ0) is 27.2. The Labute approximate surface area is 230 Å². The first-order chi connectivity index (χ1) is 17.9. The van der Waals surface area contributed by atoms with Gasteiger partial charge in [0.25, 0.3) is 0 Å². The lowest BCUT2D eigenvalue weighted by Gasteiger charge is -2.34. The van der Waals surface area contributed by atoms with Crippen molar-refractivity contribution in [3.05, 3.63) is 23.3 Å². The topological polar surface area (TPSA) is 46.5 Å². The quantitative estimate of drug-likeness (QED) is 0.102. The van der Waals surface area contributed by atoms with Crippen LogP contribution in [0.4, 0.5) is 0 Å². The van der Waals surface area contributed by atoms with E-state index in [9.17, 15) is 9.90 Å². The molecule has 1 rings (SSSR count). The van der Waals surface area contributed by atoms with Gasteiger partial charge in [-0.3, -0.25) is 4.79 Å². The van der Waals surface area contributed by atoms with Gasteiger partial charge in [-0.2, -0.15) is 0 Å². The second-order valence-electron chi connectivity index (χ2n) is 12.0. The third-order valence-electron chi connectivity index (χ3n) is 8.07. The standard InChI is InChI=1S/C34H62O3/c1-5-7-9-11-12-13-14-15-16-17-18-19-20-22-26-37-33(35)25-24-32-27-31(23-21-10-8-6-2)28-34(36,29-32)30(3)4/h27,29-30,36H,5-26,28H2,1-4H3. The third-order valence-corrected chi connectivity index (χ3v) is 8.07. The van der Waals surface area contributed by atoms with E-state index >= 15 is 0 Å². The summed E-state index contributed by atoms with van der Waals surface area (Å²) < 4.78 is 5.51. The molecule has 0 amide bonds. The molecule has 1 aliphatic rings. The highest BCUT2D eigenvalue weighted by atomic mass is 16.5. The van der Waals surface area contributed by atoms with Gasteiger partial charge in [-0.1, -0.05) is 142 Å². The van der Waals surface area contributed by atoms with Crippen molar-refractivity contribution in [2.24, 2.45) is 5.92 Å². The van der Waals surface area contributed by atoms with Gasteiger partial charge in [-0.15, -0.1) is 0 Å². The van der Waals surface area contributed by atoms with Crippen LogP contribution in [0.2, 0.25) is 0 Å². The number of carbonyl (C=O) groups excluding carboxylic acids is 1. The number of rotatable bonds is 24. The second-order valence-corrected chi connectivity index (χ2v) is 12.0. The SMILES string of the molecule is CCCCCCCCCCCCCCCCOC(=O)CCC1=CC(O)(C(C)C)CC(CCCCCC)=C1. The van der Waals surface area contributed by atoms with Gasteiger partial charge < -0.3 is 9.84 Å². The summed E-state index contributed by atoms with van der Waals surface area (Å²) in [6, 6.07) is 0. The maximum absolute atomic E-state index is 12.3. The summed E-state index contributed by atoms with van der Waals surface area (Å²) in [6.45, 7) is 9.22. The fourth-order valence-corrected chi connectivity index (χ4v) is 5.35. The van der Waals surface area contributed by atoms with Crippen molar-refractivity contribution < 1.29 is 14.6 Å². The normalized spacial score (nSPS) is 17.7. The molecule has 0 aliphatic heterocycles. The highest BCUT2D eigenvalue weighted by Crippen LogP contribution is 2.36. The van der Waals surface area contributed by atoms with E-state index in [2.05, 4.69) is 33.8 Å². The molecule has 37 heavy (non-hydrogen) atoms. The summed E-state index contributed by atoms with van der Waals surface area (Å²) in [4.78, 5) is 12.3. The van der Waals surface area contributed by atoms with Crippen molar-refractivity contribution in [1.82, 2.24) is 0 Å². The van der Waals surface area contributed by atoms with E-state index in [1.165, 1.54) is 108 Å². The largest absolute Gasteiger partial charge is 0.466 e. The lowest BCUT2D eigenvalue weighted by molar-refractivity contribution is -0.143. The fraction of sp³-hybridized carbons (Fsp3) is 0.853. The van der Waals surface area contributed by atoms with Crippen molar-refractivity contribution in [3.8, 4) is 0 Å². The summed E-state index contributed by atoms with van der Waals surface area (Å²) in [5.41, 5.74) is 1.64. The van der Waals surface area contributed by atoms with Crippen LogP contribution in [-0.2, 0) is 9.53 Å². The average Bonchev–Trinajstić information content (AvgIpc) is 2.87. The summed E-state index contributed by atoms with van der Waals surface area (Å²) in [5, 5.41) is 11.2. The van der Waals surface area contributed by atoms with Crippen LogP contribution in [-0.4, -0.2) is 23.3 Å². The third kappa shape index (κ3) is 17.2. The Balaban J connectivity index is 2.12. The lowest BCUT2D eigenvalue weighted by Crippen LogP contribution is -2.35. The minimum atomic E-state index is -0.789. The van der Waals surface area contributed by atoms with Gasteiger partial charge in [-0.25, -0.2) is 0 Å². The smallest absolute Gasteiger partial charge is 0.306 e. The molecule has 0 spiro atoms. The van der Waals surface area contributed by atoms with Crippen LogP contribution in [0, 0.1) is 5.92 Å². The molecule has 0 bridgehead atoms. The molecule has 3 nitrogen and oxygen atoms in total. The molecule has 0 aromatic carbocycles. The van der Waals surface area contributed by atoms with E-state index in [0.29, 0.717) is 19.4 Å². The van der Waals surface area contributed by atoms with Crippen molar-refractivity contribution in [1.29, 1.82) is 0 Å². The van der Waals surface area contributed by atoms with Crippen LogP contribution >= 0.6 is 0 Å². The lowest BCUT2D eigenvalue weighted by atomic mass is 9.77. The molecule has 0 aromatic rings. The predicted octanol–water partition coefficient (Wildman–Crippen LogP) is 10.4. The van der Waals surface area contributed by atoms with Gasteiger partial charge in [0.05, 0.1) is 12.2 Å². The van der Waals surface area contributed by atoms with Crippen LogP contribution in [0.25, 0.3) is 0 Å². The van der Waals surface area contributed by atoms with Gasteiger partial charge in [-0.05, 0) is 43.3 Å². The molecule has 0 radical (unpaired) electrons. The van der Waals surface area contributed by atoms with Gasteiger partial charge in [0.15, 0.2) is 0 Å². The Morgan fingerprint density at radius 3 is 1.78 bits per heavy atom. The van der Waals surface area contributed by atoms with Crippen molar-refractivity contribution in [2.75, 3.05) is 6.61 Å².